The summed E-state index contributed by atoms with van der Waals surface area (Å²) in [6, 6.07) is 15.6. The minimum absolute atomic E-state index is 0. The van der Waals surface area contributed by atoms with Crippen molar-refractivity contribution in [2.75, 3.05) is 19.0 Å². The molecule has 3 N–H and O–H groups in total. The van der Waals surface area contributed by atoms with Crippen LogP contribution in [0.4, 0.5) is 5.69 Å². The van der Waals surface area contributed by atoms with Crippen LogP contribution in [0, 0.1) is 0 Å². The lowest BCUT2D eigenvalue weighted by Crippen LogP contribution is -2.23. The zero-order valence-electron chi connectivity index (χ0n) is 14.9. The molecule has 0 saturated heterocycles. The van der Waals surface area contributed by atoms with Crippen molar-refractivity contribution in [1.82, 2.24) is 0 Å². The number of guanidine groups is 1. The fourth-order valence-corrected chi connectivity index (χ4v) is 2.21. The van der Waals surface area contributed by atoms with E-state index < -0.39 is 0 Å². The van der Waals surface area contributed by atoms with Crippen LogP contribution in [-0.4, -0.2) is 25.7 Å². The Morgan fingerprint density at radius 1 is 1.12 bits per heavy atom. The normalized spacial score (nSPS) is 11.0. The van der Waals surface area contributed by atoms with E-state index in [0.717, 1.165) is 23.6 Å². The van der Waals surface area contributed by atoms with Gasteiger partial charge in [-0.25, -0.2) is 0 Å². The van der Waals surface area contributed by atoms with Crippen LogP contribution in [0.5, 0.6) is 11.5 Å². The summed E-state index contributed by atoms with van der Waals surface area (Å²) in [5.41, 5.74) is 7.98. The summed E-state index contributed by atoms with van der Waals surface area (Å²) in [6.07, 6.45) is 0.966. The van der Waals surface area contributed by atoms with Gasteiger partial charge in [-0.15, -0.1) is 24.0 Å². The Kier molecular flexibility index (Phi) is 9.12. The van der Waals surface area contributed by atoms with Crippen LogP contribution < -0.4 is 20.5 Å². The number of benzene rings is 2. The SMILES string of the molecule is COc1cccc(CCN=C(N)Nc2ccc(OC(C)C)cc2)c1.I. The highest BCUT2D eigenvalue weighted by molar-refractivity contribution is 14.0. The molecular formula is C19H26IN3O2. The van der Waals surface area contributed by atoms with Gasteiger partial charge in [0.25, 0.3) is 0 Å². The molecule has 0 amide bonds. The molecule has 0 aromatic heterocycles. The first-order valence-corrected chi connectivity index (χ1v) is 8.03. The second-order valence-corrected chi connectivity index (χ2v) is 5.68. The molecule has 6 heteroatoms. The molecule has 5 nitrogen and oxygen atoms in total. The number of aliphatic imine (C=N–C) groups is 1. The molecule has 136 valence electrons. The molecule has 0 aliphatic heterocycles. The van der Waals surface area contributed by atoms with Crippen LogP contribution >= 0.6 is 24.0 Å². The summed E-state index contributed by atoms with van der Waals surface area (Å²) in [7, 11) is 1.66. The Morgan fingerprint density at radius 3 is 2.48 bits per heavy atom. The van der Waals surface area contributed by atoms with Crippen molar-refractivity contribution in [3.63, 3.8) is 0 Å². The van der Waals surface area contributed by atoms with Crippen LogP contribution in [0.15, 0.2) is 53.5 Å². The summed E-state index contributed by atoms with van der Waals surface area (Å²) < 4.78 is 10.8. The average molecular weight is 455 g/mol. The molecule has 0 unspecified atom stereocenters. The summed E-state index contributed by atoms with van der Waals surface area (Å²) >= 11 is 0. The van der Waals surface area contributed by atoms with E-state index in [2.05, 4.69) is 16.4 Å². The second kappa shape index (κ2) is 10.8. The maximum absolute atomic E-state index is 5.93. The monoisotopic (exact) mass is 455 g/mol. The van der Waals surface area contributed by atoms with E-state index in [-0.39, 0.29) is 30.1 Å². The van der Waals surface area contributed by atoms with Gasteiger partial charge in [-0.3, -0.25) is 4.99 Å². The van der Waals surface area contributed by atoms with Gasteiger partial charge in [0.05, 0.1) is 13.2 Å². The third-order valence-corrected chi connectivity index (χ3v) is 3.32. The maximum Gasteiger partial charge on any atom is 0.193 e. The number of nitrogens with zero attached hydrogens (tertiary/aromatic N) is 1. The number of ether oxygens (including phenoxy) is 2. The number of anilines is 1. The first kappa shape index (κ1) is 21.1. The van der Waals surface area contributed by atoms with Crippen molar-refractivity contribution in [1.29, 1.82) is 0 Å². The molecule has 25 heavy (non-hydrogen) atoms. The van der Waals surface area contributed by atoms with E-state index >= 15 is 0 Å². The van der Waals surface area contributed by atoms with Crippen LogP contribution in [0.3, 0.4) is 0 Å². The summed E-state index contributed by atoms with van der Waals surface area (Å²) in [6.45, 7) is 4.61. The van der Waals surface area contributed by atoms with Crippen LogP contribution in [0.2, 0.25) is 0 Å². The molecule has 2 aromatic rings. The highest BCUT2D eigenvalue weighted by atomic mass is 127. The number of halogens is 1. The summed E-state index contributed by atoms with van der Waals surface area (Å²) in [4.78, 5) is 4.35. The van der Waals surface area contributed by atoms with Crippen LogP contribution in [-0.2, 0) is 6.42 Å². The molecule has 0 bridgehead atoms. The minimum atomic E-state index is 0. The molecule has 0 radical (unpaired) electrons. The number of hydrogen-bond acceptors (Lipinski definition) is 3. The number of nitrogens with two attached hydrogens (primary N) is 1. The maximum atomic E-state index is 5.93. The standard InChI is InChI=1S/C19H25N3O2.HI/c1-14(2)24-17-9-7-16(8-10-17)22-19(20)21-12-11-15-5-4-6-18(13-15)23-3;/h4-10,13-14H,11-12H2,1-3H3,(H3,20,21,22);1H. The van der Waals surface area contributed by atoms with Crippen LogP contribution in [0.25, 0.3) is 0 Å². The predicted octanol–water partition coefficient (Wildman–Crippen LogP) is 4.07. The molecule has 2 rings (SSSR count). The third kappa shape index (κ3) is 7.64. The lowest BCUT2D eigenvalue weighted by molar-refractivity contribution is 0.242. The lowest BCUT2D eigenvalue weighted by atomic mass is 10.1. The van der Waals surface area contributed by atoms with E-state index in [4.69, 9.17) is 15.2 Å². The summed E-state index contributed by atoms with van der Waals surface area (Å²) in [5, 5.41) is 3.08. The molecule has 0 atom stereocenters. The zero-order chi connectivity index (χ0) is 17.4. The Labute approximate surface area is 166 Å². The van der Waals surface area contributed by atoms with Gasteiger partial charge in [-0.1, -0.05) is 12.1 Å². The van der Waals surface area contributed by atoms with E-state index in [1.807, 2.05) is 56.3 Å². The van der Waals surface area contributed by atoms with Crippen molar-refractivity contribution in [2.45, 2.75) is 26.4 Å². The Balaban J connectivity index is 0.00000312. The molecule has 0 heterocycles. The predicted molar refractivity (Wildman–Crippen MR) is 114 cm³/mol. The summed E-state index contributed by atoms with van der Waals surface area (Å²) in [5.74, 6) is 2.09. The molecule has 0 aliphatic rings. The topological polar surface area (TPSA) is 68.9 Å². The van der Waals surface area contributed by atoms with Gasteiger partial charge < -0.3 is 20.5 Å². The number of methoxy groups -OCH3 is 1. The molecule has 0 aliphatic carbocycles. The fourth-order valence-electron chi connectivity index (χ4n) is 2.21. The Hall–Kier alpha value is -1.96. The van der Waals surface area contributed by atoms with Crippen molar-refractivity contribution in [3.8, 4) is 11.5 Å². The van der Waals surface area contributed by atoms with Gasteiger partial charge in [0.15, 0.2) is 5.96 Å². The van der Waals surface area contributed by atoms with Gasteiger partial charge in [0, 0.05) is 12.2 Å². The van der Waals surface area contributed by atoms with Crippen molar-refractivity contribution in [3.05, 3.63) is 54.1 Å². The smallest absolute Gasteiger partial charge is 0.193 e. The third-order valence-electron chi connectivity index (χ3n) is 3.32. The highest BCUT2D eigenvalue weighted by Crippen LogP contribution is 2.17. The lowest BCUT2D eigenvalue weighted by Gasteiger charge is -2.11. The van der Waals surface area contributed by atoms with Gasteiger partial charge in [-0.05, 0) is 62.2 Å². The van der Waals surface area contributed by atoms with Crippen molar-refractivity contribution in [2.24, 2.45) is 10.7 Å². The first-order valence-electron chi connectivity index (χ1n) is 8.03. The first-order chi connectivity index (χ1) is 11.6. The fraction of sp³-hybridized carbons (Fsp3) is 0.316. The quantitative estimate of drug-likeness (QED) is 0.375. The highest BCUT2D eigenvalue weighted by Gasteiger charge is 2.00. The Bertz CT molecular complexity index is 673. The number of nitrogens with one attached hydrogen (secondary N) is 1. The van der Waals surface area contributed by atoms with E-state index in [1.165, 1.54) is 5.56 Å². The number of rotatable bonds is 7. The van der Waals surface area contributed by atoms with E-state index in [9.17, 15) is 0 Å². The van der Waals surface area contributed by atoms with Gasteiger partial charge in [-0.2, -0.15) is 0 Å². The minimum Gasteiger partial charge on any atom is -0.497 e. The molecule has 0 saturated carbocycles. The van der Waals surface area contributed by atoms with E-state index in [1.54, 1.807) is 7.11 Å². The zero-order valence-corrected chi connectivity index (χ0v) is 17.2. The molecule has 0 spiro atoms. The van der Waals surface area contributed by atoms with Crippen LogP contribution in [0.1, 0.15) is 19.4 Å². The van der Waals surface area contributed by atoms with Crippen molar-refractivity contribution < 1.29 is 9.47 Å². The number of hydrogen-bond donors (Lipinski definition) is 2. The average Bonchev–Trinajstić information content (AvgIpc) is 2.56. The Morgan fingerprint density at radius 2 is 1.84 bits per heavy atom. The molecular weight excluding hydrogens is 429 g/mol. The molecule has 0 fully saturated rings. The second-order valence-electron chi connectivity index (χ2n) is 5.68. The van der Waals surface area contributed by atoms with Gasteiger partial charge in [0.1, 0.15) is 11.5 Å². The van der Waals surface area contributed by atoms with Crippen molar-refractivity contribution >= 4 is 35.6 Å². The van der Waals surface area contributed by atoms with Gasteiger partial charge in [0.2, 0.25) is 0 Å². The van der Waals surface area contributed by atoms with Gasteiger partial charge >= 0.3 is 0 Å². The molecule has 2 aromatic carbocycles. The largest absolute Gasteiger partial charge is 0.497 e. The van der Waals surface area contributed by atoms with E-state index in [0.29, 0.717) is 12.5 Å².